The molecular formula is C12H12N2O6. The van der Waals surface area contributed by atoms with Gasteiger partial charge in [-0.15, -0.1) is 0 Å². The zero-order valence-electron chi connectivity index (χ0n) is 10.8. The average Bonchev–Trinajstić information content (AvgIpc) is 2.97. The van der Waals surface area contributed by atoms with Gasteiger partial charge in [0.15, 0.2) is 18.1 Å². The maximum Gasteiger partial charge on any atom is 0.335 e. The van der Waals surface area contributed by atoms with Crippen molar-refractivity contribution in [2.75, 3.05) is 14.2 Å². The molecule has 0 bridgehead atoms. The molecule has 8 heteroatoms. The summed E-state index contributed by atoms with van der Waals surface area (Å²) >= 11 is 0. The Kier molecular flexibility index (Phi) is 4.04. The number of carboxylic acid groups (broad SMARTS) is 1. The van der Waals surface area contributed by atoms with Crippen LogP contribution < -0.4 is 14.2 Å². The van der Waals surface area contributed by atoms with Crippen LogP contribution in [0.5, 0.6) is 17.2 Å². The minimum absolute atomic E-state index is 0.0330. The summed E-state index contributed by atoms with van der Waals surface area (Å²) in [6.07, 6.45) is 1.18. The van der Waals surface area contributed by atoms with Gasteiger partial charge in [-0.25, -0.2) is 4.79 Å². The van der Waals surface area contributed by atoms with Gasteiger partial charge in [-0.3, -0.25) is 0 Å². The fourth-order valence-corrected chi connectivity index (χ4v) is 1.54. The number of hydrogen-bond acceptors (Lipinski definition) is 7. The fraction of sp³-hybridized carbons (Fsp3) is 0.250. The molecule has 0 aliphatic heterocycles. The maximum atomic E-state index is 11.0. The number of carbonyl (C=O) groups is 1. The molecule has 0 saturated heterocycles. The van der Waals surface area contributed by atoms with E-state index in [-0.39, 0.29) is 29.4 Å². The number of carboxylic acids is 1. The lowest BCUT2D eigenvalue weighted by atomic mass is 10.2. The number of aromatic carboxylic acids is 1. The van der Waals surface area contributed by atoms with Gasteiger partial charge in [-0.2, -0.15) is 4.98 Å². The third-order valence-electron chi connectivity index (χ3n) is 2.46. The molecule has 0 amide bonds. The zero-order chi connectivity index (χ0) is 14.5. The third kappa shape index (κ3) is 2.79. The van der Waals surface area contributed by atoms with E-state index < -0.39 is 5.97 Å². The Balaban J connectivity index is 2.32. The Morgan fingerprint density at radius 2 is 1.95 bits per heavy atom. The van der Waals surface area contributed by atoms with Crippen LogP contribution in [-0.2, 0) is 6.61 Å². The molecule has 0 spiro atoms. The number of benzene rings is 1. The van der Waals surface area contributed by atoms with Crippen LogP contribution in [0.3, 0.4) is 0 Å². The van der Waals surface area contributed by atoms with Crippen molar-refractivity contribution < 1.29 is 28.6 Å². The summed E-state index contributed by atoms with van der Waals surface area (Å²) < 4.78 is 20.3. The lowest BCUT2D eigenvalue weighted by Gasteiger charge is -2.14. The number of methoxy groups -OCH3 is 2. The van der Waals surface area contributed by atoms with Crippen molar-refractivity contribution in [2.45, 2.75) is 6.61 Å². The molecule has 0 aliphatic rings. The van der Waals surface area contributed by atoms with Crippen molar-refractivity contribution >= 4 is 5.97 Å². The molecule has 1 heterocycles. The highest BCUT2D eigenvalue weighted by Crippen LogP contribution is 2.38. The first-order valence-electron chi connectivity index (χ1n) is 5.53. The number of rotatable bonds is 6. The quantitative estimate of drug-likeness (QED) is 0.845. The van der Waals surface area contributed by atoms with E-state index in [2.05, 4.69) is 14.7 Å². The van der Waals surface area contributed by atoms with Crippen molar-refractivity contribution in [1.29, 1.82) is 0 Å². The Morgan fingerprint density at radius 3 is 2.40 bits per heavy atom. The summed E-state index contributed by atoms with van der Waals surface area (Å²) in [6, 6.07) is 2.69. The summed E-state index contributed by atoms with van der Waals surface area (Å²) in [5.74, 6) is 0.00280. The van der Waals surface area contributed by atoms with Crippen LogP contribution in [0.1, 0.15) is 16.2 Å². The predicted octanol–water partition coefficient (Wildman–Crippen LogP) is 1.36. The second-order valence-corrected chi connectivity index (χ2v) is 3.65. The minimum Gasteiger partial charge on any atom is -0.493 e. The Labute approximate surface area is 113 Å². The molecule has 0 saturated carbocycles. The van der Waals surface area contributed by atoms with Crippen LogP contribution in [0.2, 0.25) is 0 Å². The van der Waals surface area contributed by atoms with Crippen LogP contribution in [0.4, 0.5) is 0 Å². The van der Waals surface area contributed by atoms with E-state index in [1.807, 2.05) is 0 Å². The first kappa shape index (κ1) is 13.7. The summed E-state index contributed by atoms with van der Waals surface area (Å²) in [5, 5.41) is 12.6. The summed E-state index contributed by atoms with van der Waals surface area (Å²) in [6.45, 7) is 0.0373. The summed E-state index contributed by atoms with van der Waals surface area (Å²) in [7, 11) is 2.81. The molecular weight excluding hydrogens is 268 g/mol. The summed E-state index contributed by atoms with van der Waals surface area (Å²) in [4.78, 5) is 14.8. The standard InChI is InChI=1S/C12H12N2O6/c1-17-8-3-7(12(15)16)4-9(18-2)11(8)19-5-10-13-6-20-14-10/h3-4,6H,5H2,1-2H3,(H,15,16). The molecule has 2 aromatic rings. The summed E-state index contributed by atoms with van der Waals surface area (Å²) in [5.41, 5.74) is 0.0330. The van der Waals surface area contributed by atoms with Gasteiger partial charge in [0.05, 0.1) is 19.8 Å². The van der Waals surface area contributed by atoms with Crippen molar-refractivity contribution in [1.82, 2.24) is 10.1 Å². The SMILES string of the molecule is COc1cc(C(=O)O)cc(OC)c1OCc1ncon1. The lowest BCUT2D eigenvalue weighted by molar-refractivity contribution is 0.0696. The minimum atomic E-state index is -1.09. The molecule has 8 nitrogen and oxygen atoms in total. The van der Waals surface area contributed by atoms with E-state index in [4.69, 9.17) is 19.3 Å². The Hall–Kier alpha value is -2.77. The first-order valence-corrected chi connectivity index (χ1v) is 5.53. The van der Waals surface area contributed by atoms with E-state index in [0.717, 1.165) is 0 Å². The average molecular weight is 280 g/mol. The van der Waals surface area contributed by atoms with Gasteiger partial charge in [0.1, 0.15) is 0 Å². The molecule has 0 radical (unpaired) electrons. The van der Waals surface area contributed by atoms with E-state index in [9.17, 15) is 4.79 Å². The van der Waals surface area contributed by atoms with Gasteiger partial charge in [0.25, 0.3) is 0 Å². The number of nitrogens with zero attached hydrogens (tertiary/aromatic N) is 2. The second kappa shape index (κ2) is 5.91. The van der Waals surface area contributed by atoms with Crippen LogP contribution in [0.15, 0.2) is 23.0 Å². The second-order valence-electron chi connectivity index (χ2n) is 3.65. The van der Waals surface area contributed by atoms with Crippen LogP contribution in [-0.4, -0.2) is 35.4 Å². The molecule has 1 N–H and O–H groups in total. The van der Waals surface area contributed by atoms with E-state index in [1.54, 1.807) is 0 Å². The largest absolute Gasteiger partial charge is 0.493 e. The number of hydrogen-bond donors (Lipinski definition) is 1. The normalized spacial score (nSPS) is 10.1. The third-order valence-corrected chi connectivity index (χ3v) is 2.46. The molecule has 0 fully saturated rings. The van der Waals surface area contributed by atoms with Crippen LogP contribution in [0.25, 0.3) is 0 Å². The van der Waals surface area contributed by atoms with E-state index >= 15 is 0 Å². The Bertz CT molecular complexity index is 571. The molecule has 1 aromatic carbocycles. The number of ether oxygens (including phenoxy) is 3. The van der Waals surface area contributed by atoms with E-state index in [0.29, 0.717) is 5.82 Å². The zero-order valence-corrected chi connectivity index (χ0v) is 10.8. The molecule has 0 aliphatic carbocycles. The van der Waals surface area contributed by atoms with Gasteiger partial charge in [-0.05, 0) is 12.1 Å². The van der Waals surface area contributed by atoms with Crippen molar-refractivity contribution in [3.05, 3.63) is 29.9 Å². The van der Waals surface area contributed by atoms with Crippen LogP contribution >= 0.6 is 0 Å². The topological polar surface area (TPSA) is 104 Å². The van der Waals surface area contributed by atoms with Gasteiger partial charge in [0, 0.05) is 0 Å². The monoisotopic (exact) mass is 280 g/mol. The van der Waals surface area contributed by atoms with Crippen molar-refractivity contribution in [3.63, 3.8) is 0 Å². The molecule has 1 aromatic heterocycles. The van der Waals surface area contributed by atoms with Crippen molar-refractivity contribution in [3.8, 4) is 17.2 Å². The molecule has 2 rings (SSSR count). The molecule has 0 atom stereocenters. The van der Waals surface area contributed by atoms with Gasteiger partial charge >= 0.3 is 5.97 Å². The molecule has 106 valence electrons. The highest BCUT2D eigenvalue weighted by atomic mass is 16.5. The fourth-order valence-electron chi connectivity index (χ4n) is 1.54. The molecule has 20 heavy (non-hydrogen) atoms. The predicted molar refractivity (Wildman–Crippen MR) is 65.1 cm³/mol. The molecule has 0 unspecified atom stereocenters. The van der Waals surface area contributed by atoms with Crippen molar-refractivity contribution in [2.24, 2.45) is 0 Å². The first-order chi connectivity index (χ1) is 9.65. The number of aromatic nitrogens is 2. The highest BCUT2D eigenvalue weighted by molar-refractivity contribution is 5.89. The van der Waals surface area contributed by atoms with Crippen LogP contribution in [0, 0.1) is 0 Å². The highest BCUT2D eigenvalue weighted by Gasteiger charge is 2.17. The van der Waals surface area contributed by atoms with Gasteiger partial charge < -0.3 is 23.8 Å². The van der Waals surface area contributed by atoms with E-state index in [1.165, 1.54) is 32.7 Å². The lowest BCUT2D eigenvalue weighted by Crippen LogP contribution is -2.04. The Morgan fingerprint density at radius 1 is 1.30 bits per heavy atom. The van der Waals surface area contributed by atoms with Gasteiger partial charge in [0.2, 0.25) is 18.0 Å². The van der Waals surface area contributed by atoms with Gasteiger partial charge in [-0.1, -0.05) is 5.16 Å². The smallest absolute Gasteiger partial charge is 0.335 e. The maximum absolute atomic E-state index is 11.0.